The summed E-state index contributed by atoms with van der Waals surface area (Å²) in [7, 11) is 0. The zero-order chi connectivity index (χ0) is 17.8. The Labute approximate surface area is 152 Å². The van der Waals surface area contributed by atoms with Crippen LogP contribution in [0.1, 0.15) is 40.5 Å². The molecule has 130 valence electrons. The molecule has 5 heteroatoms. The maximum absolute atomic E-state index is 12.7. The second-order valence-electron chi connectivity index (χ2n) is 6.17. The Hall–Kier alpha value is -2.33. The Morgan fingerprint density at radius 2 is 1.60 bits per heavy atom. The molecular formula is C20H20ClNO3. The van der Waals surface area contributed by atoms with Crippen molar-refractivity contribution in [3.63, 3.8) is 0 Å². The molecule has 1 aliphatic rings. The molecule has 0 unspecified atom stereocenters. The number of halogens is 1. The summed E-state index contributed by atoms with van der Waals surface area (Å²) in [6, 6.07) is 14.3. The van der Waals surface area contributed by atoms with Crippen molar-refractivity contribution < 1.29 is 14.3 Å². The fraction of sp³-hybridized carbons (Fsp3) is 0.300. The molecule has 0 bridgehead atoms. The maximum atomic E-state index is 12.7. The molecule has 1 saturated heterocycles. The molecule has 0 saturated carbocycles. The van der Waals surface area contributed by atoms with Gasteiger partial charge in [0.25, 0.3) is 5.91 Å². The van der Waals surface area contributed by atoms with Gasteiger partial charge in [-0.15, -0.1) is 0 Å². The number of piperidine rings is 1. The first-order valence-corrected chi connectivity index (χ1v) is 8.74. The number of nitrogens with zero attached hydrogens (tertiary/aromatic N) is 1. The highest BCUT2D eigenvalue weighted by atomic mass is 35.5. The van der Waals surface area contributed by atoms with Crippen molar-refractivity contribution in [3.05, 3.63) is 64.7 Å². The molecular weight excluding hydrogens is 338 g/mol. The van der Waals surface area contributed by atoms with Gasteiger partial charge in [-0.05, 0) is 37.3 Å². The average molecular weight is 358 g/mol. The monoisotopic (exact) mass is 357 g/mol. The summed E-state index contributed by atoms with van der Waals surface area (Å²) in [5, 5.41) is 0.678. The minimum Gasteiger partial charge on any atom is -0.490 e. The second-order valence-corrected chi connectivity index (χ2v) is 6.60. The molecule has 3 rings (SSSR count). The van der Waals surface area contributed by atoms with Gasteiger partial charge in [-0.3, -0.25) is 9.59 Å². The van der Waals surface area contributed by atoms with Gasteiger partial charge in [0.1, 0.15) is 11.9 Å². The highest BCUT2D eigenvalue weighted by molar-refractivity contribution is 6.30. The lowest BCUT2D eigenvalue weighted by atomic mass is 10.0. The van der Waals surface area contributed by atoms with Crippen molar-refractivity contribution in [1.82, 2.24) is 4.90 Å². The van der Waals surface area contributed by atoms with Gasteiger partial charge >= 0.3 is 0 Å². The third kappa shape index (κ3) is 4.20. The molecule has 0 N–H and O–H groups in total. The van der Waals surface area contributed by atoms with E-state index >= 15 is 0 Å². The lowest BCUT2D eigenvalue weighted by Crippen LogP contribution is -2.42. The number of ether oxygens (including phenoxy) is 1. The summed E-state index contributed by atoms with van der Waals surface area (Å²) in [5.41, 5.74) is 0.958. The van der Waals surface area contributed by atoms with E-state index in [-0.39, 0.29) is 17.8 Å². The lowest BCUT2D eigenvalue weighted by molar-refractivity contribution is 0.0592. The van der Waals surface area contributed by atoms with Gasteiger partial charge in [0.15, 0.2) is 5.78 Å². The first-order valence-electron chi connectivity index (χ1n) is 8.36. The number of hydrogen-bond donors (Lipinski definition) is 0. The number of amides is 1. The van der Waals surface area contributed by atoms with Crippen molar-refractivity contribution in [3.8, 4) is 5.75 Å². The van der Waals surface area contributed by atoms with E-state index in [0.717, 1.165) is 18.6 Å². The number of likely N-dealkylation sites (tertiary alicyclic amines) is 1. The van der Waals surface area contributed by atoms with Crippen molar-refractivity contribution in [2.24, 2.45) is 0 Å². The van der Waals surface area contributed by atoms with Gasteiger partial charge in [-0.25, -0.2) is 0 Å². The lowest BCUT2D eigenvalue weighted by Gasteiger charge is -2.32. The van der Waals surface area contributed by atoms with Gasteiger partial charge in [0.05, 0.1) is 5.56 Å². The third-order valence-electron chi connectivity index (χ3n) is 4.38. The van der Waals surface area contributed by atoms with Crippen LogP contribution in [-0.4, -0.2) is 35.8 Å². The van der Waals surface area contributed by atoms with Gasteiger partial charge in [-0.1, -0.05) is 29.8 Å². The van der Waals surface area contributed by atoms with E-state index in [9.17, 15) is 9.59 Å². The van der Waals surface area contributed by atoms with Crippen LogP contribution in [0.5, 0.6) is 5.75 Å². The van der Waals surface area contributed by atoms with E-state index in [1.165, 1.54) is 6.92 Å². The molecule has 4 nitrogen and oxygen atoms in total. The highest BCUT2D eigenvalue weighted by Crippen LogP contribution is 2.22. The van der Waals surface area contributed by atoms with Crippen LogP contribution in [0.4, 0.5) is 0 Å². The molecule has 0 aromatic heterocycles. The molecule has 1 fully saturated rings. The van der Waals surface area contributed by atoms with E-state index in [2.05, 4.69) is 0 Å². The topological polar surface area (TPSA) is 46.6 Å². The zero-order valence-corrected chi connectivity index (χ0v) is 14.8. The van der Waals surface area contributed by atoms with Crippen LogP contribution >= 0.6 is 11.6 Å². The smallest absolute Gasteiger partial charge is 0.254 e. The first-order chi connectivity index (χ1) is 12.0. The summed E-state index contributed by atoms with van der Waals surface area (Å²) in [5.74, 6) is 0.608. The van der Waals surface area contributed by atoms with Crippen LogP contribution in [0.2, 0.25) is 5.02 Å². The van der Waals surface area contributed by atoms with Crippen LogP contribution < -0.4 is 4.74 Å². The van der Waals surface area contributed by atoms with Crippen LogP contribution in [-0.2, 0) is 0 Å². The number of Topliss-reactive ketones (excluding diaryl/α,β-unsaturated/α-hetero) is 1. The normalized spacial score (nSPS) is 15.0. The standard InChI is InChI=1S/C20H20ClNO3/c1-14(23)18-4-2-3-5-19(18)20(24)22-12-10-17(11-13-22)25-16-8-6-15(21)7-9-16/h2-9,17H,10-13H2,1H3. The molecule has 1 aliphatic heterocycles. The number of carbonyl (C=O) groups excluding carboxylic acids is 2. The summed E-state index contributed by atoms with van der Waals surface area (Å²) in [6.07, 6.45) is 1.60. The molecule has 2 aromatic rings. The predicted molar refractivity (Wildman–Crippen MR) is 97.5 cm³/mol. The van der Waals surface area contributed by atoms with Crippen LogP contribution in [0.25, 0.3) is 0 Å². The van der Waals surface area contributed by atoms with Crippen LogP contribution in [0, 0.1) is 0 Å². The van der Waals surface area contributed by atoms with Crippen molar-refractivity contribution in [1.29, 1.82) is 0 Å². The Morgan fingerprint density at radius 3 is 2.20 bits per heavy atom. The molecule has 1 heterocycles. The number of hydrogen-bond acceptors (Lipinski definition) is 3. The van der Waals surface area contributed by atoms with Gasteiger partial charge in [0, 0.05) is 36.5 Å². The first kappa shape index (κ1) is 17.5. The highest BCUT2D eigenvalue weighted by Gasteiger charge is 2.26. The van der Waals surface area contributed by atoms with E-state index in [4.69, 9.17) is 16.3 Å². The summed E-state index contributed by atoms with van der Waals surface area (Å²) in [6.45, 7) is 2.71. The SMILES string of the molecule is CC(=O)c1ccccc1C(=O)N1CCC(Oc2ccc(Cl)cc2)CC1. The summed E-state index contributed by atoms with van der Waals surface area (Å²) < 4.78 is 5.96. The fourth-order valence-corrected chi connectivity index (χ4v) is 3.16. The number of ketones is 1. The molecule has 0 radical (unpaired) electrons. The molecule has 2 aromatic carbocycles. The molecule has 1 amide bonds. The van der Waals surface area contributed by atoms with E-state index in [0.29, 0.717) is 29.2 Å². The quantitative estimate of drug-likeness (QED) is 0.769. The minimum atomic E-state index is -0.0927. The number of carbonyl (C=O) groups is 2. The molecule has 0 spiro atoms. The predicted octanol–water partition coefficient (Wildman–Crippen LogP) is 4.23. The van der Waals surface area contributed by atoms with E-state index in [1.807, 2.05) is 12.1 Å². The van der Waals surface area contributed by atoms with Gasteiger partial charge < -0.3 is 9.64 Å². The van der Waals surface area contributed by atoms with Crippen LogP contribution in [0.3, 0.4) is 0 Å². The largest absolute Gasteiger partial charge is 0.490 e. The summed E-state index contributed by atoms with van der Waals surface area (Å²) >= 11 is 5.88. The number of rotatable bonds is 4. The second kappa shape index (κ2) is 7.70. The Balaban J connectivity index is 1.61. The third-order valence-corrected chi connectivity index (χ3v) is 4.63. The number of benzene rings is 2. The van der Waals surface area contributed by atoms with Gasteiger partial charge in [-0.2, -0.15) is 0 Å². The summed E-state index contributed by atoms with van der Waals surface area (Å²) in [4.78, 5) is 26.3. The molecule has 0 atom stereocenters. The Bertz CT molecular complexity index is 765. The Kier molecular flexibility index (Phi) is 5.39. The minimum absolute atomic E-state index is 0.0771. The van der Waals surface area contributed by atoms with Crippen molar-refractivity contribution in [2.45, 2.75) is 25.9 Å². The van der Waals surface area contributed by atoms with Crippen LogP contribution in [0.15, 0.2) is 48.5 Å². The van der Waals surface area contributed by atoms with Gasteiger partial charge in [0.2, 0.25) is 0 Å². The molecule has 0 aliphatic carbocycles. The van der Waals surface area contributed by atoms with Crippen molar-refractivity contribution >= 4 is 23.3 Å². The molecule has 25 heavy (non-hydrogen) atoms. The van der Waals surface area contributed by atoms with Crippen molar-refractivity contribution in [2.75, 3.05) is 13.1 Å². The average Bonchev–Trinajstić information content (AvgIpc) is 2.63. The van der Waals surface area contributed by atoms with E-state index in [1.54, 1.807) is 41.3 Å². The maximum Gasteiger partial charge on any atom is 0.254 e. The van der Waals surface area contributed by atoms with E-state index < -0.39 is 0 Å². The zero-order valence-electron chi connectivity index (χ0n) is 14.1. The Morgan fingerprint density at radius 1 is 1.00 bits per heavy atom. The fourth-order valence-electron chi connectivity index (χ4n) is 3.03.